The summed E-state index contributed by atoms with van der Waals surface area (Å²) in [5.41, 5.74) is 0. The molecule has 3 rings (SSSR count). The Kier molecular flexibility index (Phi) is 3.98. The number of halogens is 1. The van der Waals surface area contributed by atoms with Crippen LogP contribution in [0.25, 0.3) is 0 Å². The van der Waals surface area contributed by atoms with Gasteiger partial charge in [0.05, 0.1) is 11.9 Å². The molecule has 1 aliphatic carbocycles. The lowest BCUT2D eigenvalue weighted by atomic mass is 10.00. The molecule has 1 amide bonds. The lowest BCUT2D eigenvalue weighted by Gasteiger charge is -2.18. The Morgan fingerprint density at radius 3 is 2.75 bits per heavy atom. The van der Waals surface area contributed by atoms with E-state index in [-0.39, 0.29) is 23.7 Å². The van der Waals surface area contributed by atoms with Gasteiger partial charge in [0.1, 0.15) is 5.82 Å². The number of hydrogen-bond donors (Lipinski definition) is 1. The number of rotatable bonds is 3. The average Bonchev–Trinajstić information content (AvgIpc) is 3.01. The van der Waals surface area contributed by atoms with Crippen molar-refractivity contribution in [3.05, 3.63) is 30.1 Å². The maximum atomic E-state index is 12.8. The Hall–Kier alpha value is -1.07. The van der Waals surface area contributed by atoms with Crippen molar-refractivity contribution in [2.45, 2.75) is 23.8 Å². The van der Waals surface area contributed by atoms with Crippen molar-refractivity contribution in [3.8, 4) is 0 Å². The molecule has 108 valence electrons. The minimum atomic E-state index is -0.262. The third-order valence-corrected chi connectivity index (χ3v) is 5.34. The molecule has 1 N–H and O–H groups in total. The van der Waals surface area contributed by atoms with E-state index in [1.165, 1.54) is 23.9 Å². The standard InChI is InChI=1S/C15H18FNO2S/c16-11-2-4-12(5-3-11)20-9-15(19)17-7-10-1-6-14(18)13(10)8-17/h2-5,10,13-14,18H,1,6-9H2. The van der Waals surface area contributed by atoms with E-state index in [2.05, 4.69) is 0 Å². The van der Waals surface area contributed by atoms with Crippen molar-refractivity contribution in [2.24, 2.45) is 11.8 Å². The molecule has 1 aromatic carbocycles. The Morgan fingerprint density at radius 2 is 2.05 bits per heavy atom. The maximum Gasteiger partial charge on any atom is 0.232 e. The lowest BCUT2D eigenvalue weighted by molar-refractivity contribution is -0.127. The van der Waals surface area contributed by atoms with Crippen molar-refractivity contribution in [3.63, 3.8) is 0 Å². The number of fused-ring (bicyclic) bond motifs is 1. The number of benzene rings is 1. The minimum Gasteiger partial charge on any atom is -0.393 e. The van der Waals surface area contributed by atoms with Gasteiger partial charge in [-0.15, -0.1) is 11.8 Å². The third kappa shape index (κ3) is 2.83. The van der Waals surface area contributed by atoms with Crippen molar-refractivity contribution in [1.29, 1.82) is 0 Å². The SMILES string of the molecule is O=C(CSc1ccc(F)cc1)N1CC2CCC(O)C2C1. The first-order valence-electron chi connectivity index (χ1n) is 6.97. The second kappa shape index (κ2) is 5.74. The predicted octanol–water partition coefficient (Wildman–Crippen LogP) is 2.15. The summed E-state index contributed by atoms with van der Waals surface area (Å²) in [6.45, 7) is 1.47. The number of aliphatic hydroxyl groups excluding tert-OH is 1. The van der Waals surface area contributed by atoms with Gasteiger partial charge in [0.25, 0.3) is 0 Å². The molecule has 0 radical (unpaired) electrons. The average molecular weight is 295 g/mol. The highest BCUT2D eigenvalue weighted by Crippen LogP contribution is 2.38. The molecular formula is C15H18FNO2S. The number of amides is 1. The van der Waals surface area contributed by atoms with E-state index in [9.17, 15) is 14.3 Å². The largest absolute Gasteiger partial charge is 0.393 e. The fourth-order valence-corrected chi connectivity index (χ4v) is 4.01. The van der Waals surface area contributed by atoms with Gasteiger partial charge in [-0.1, -0.05) is 0 Å². The summed E-state index contributed by atoms with van der Waals surface area (Å²) < 4.78 is 12.8. The second-order valence-corrected chi connectivity index (χ2v) is 6.66. The molecule has 1 aromatic rings. The minimum absolute atomic E-state index is 0.112. The first-order valence-corrected chi connectivity index (χ1v) is 7.96. The fraction of sp³-hybridized carbons (Fsp3) is 0.533. The maximum absolute atomic E-state index is 12.8. The van der Waals surface area contributed by atoms with Crippen LogP contribution in [0.1, 0.15) is 12.8 Å². The first-order chi connectivity index (χ1) is 9.63. The van der Waals surface area contributed by atoms with E-state index in [1.54, 1.807) is 12.1 Å². The highest BCUT2D eigenvalue weighted by Gasteiger charge is 2.43. The Balaban J connectivity index is 1.52. The van der Waals surface area contributed by atoms with Gasteiger partial charge in [0, 0.05) is 23.9 Å². The number of nitrogens with zero attached hydrogens (tertiary/aromatic N) is 1. The van der Waals surface area contributed by atoms with Crippen LogP contribution in [-0.2, 0) is 4.79 Å². The summed E-state index contributed by atoms with van der Waals surface area (Å²) in [6.07, 6.45) is 1.67. The zero-order valence-electron chi connectivity index (χ0n) is 11.2. The van der Waals surface area contributed by atoms with Gasteiger partial charge >= 0.3 is 0 Å². The molecule has 1 heterocycles. The number of carbonyl (C=O) groups is 1. The highest BCUT2D eigenvalue weighted by atomic mass is 32.2. The molecule has 1 saturated carbocycles. The topological polar surface area (TPSA) is 40.5 Å². The summed E-state index contributed by atoms with van der Waals surface area (Å²) in [6, 6.07) is 6.19. The van der Waals surface area contributed by atoms with Crippen LogP contribution < -0.4 is 0 Å². The van der Waals surface area contributed by atoms with Crippen LogP contribution in [0.2, 0.25) is 0 Å². The van der Waals surface area contributed by atoms with E-state index in [1.807, 2.05) is 4.90 Å². The summed E-state index contributed by atoms with van der Waals surface area (Å²) in [5, 5.41) is 9.85. The summed E-state index contributed by atoms with van der Waals surface area (Å²) >= 11 is 1.43. The molecule has 0 spiro atoms. The van der Waals surface area contributed by atoms with Gasteiger partial charge in [0.15, 0.2) is 0 Å². The van der Waals surface area contributed by atoms with Crippen LogP contribution in [0.5, 0.6) is 0 Å². The zero-order valence-corrected chi connectivity index (χ0v) is 12.0. The van der Waals surface area contributed by atoms with Crippen LogP contribution in [0.3, 0.4) is 0 Å². The van der Waals surface area contributed by atoms with Crippen LogP contribution in [0, 0.1) is 17.7 Å². The summed E-state index contributed by atoms with van der Waals surface area (Å²) in [5.74, 6) is 0.976. The van der Waals surface area contributed by atoms with Crippen LogP contribution in [0.15, 0.2) is 29.2 Å². The molecule has 0 aromatic heterocycles. The summed E-state index contributed by atoms with van der Waals surface area (Å²) in [4.78, 5) is 14.9. The van der Waals surface area contributed by atoms with Gasteiger partial charge < -0.3 is 10.0 Å². The Morgan fingerprint density at radius 1 is 1.30 bits per heavy atom. The third-order valence-electron chi connectivity index (χ3n) is 4.35. The van der Waals surface area contributed by atoms with E-state index in [0.29, 0.717) is 18.2 Å². The number of likely N-dealkylation sites (tertiary alicyclic amines) is 1. The molecule has 20 heavy (non-hydrogen) atoms. The van der Waals surface area contributed by atoms with Gasteiger partial charge in [-0.2, -0.15) is 0 Å². The number of carbonyl (C=O) groups excluding carboxylic acids is 1. The molecule has 3 nitrogen and oxygen atoms in total. The highest BCUT2D eigenvalue weighted by molar-refractivity contribution is 8.00. The second-order valence-electron chi connectivity index (χ2n) is 5.61. The molecule has 0 bridgehead atoms. The number of aliphatic hydroxyl groups is 1. The van der Waals surface area contributed by atoms with Crippen LogP contribution in [0.4, 0.5) is 4.39 Å². The smallest absolute Gasteiger partial charge is 0.232 e. The quantitative estimate of drug-likeness (QED) is 0.869. The molecule has 2 fully saturated rings. The van der Waals surface area contributed by atoms with Gasteiger partial charge in [-0.25, -0.2) is 4.39 Å². The van der Waals surface area contributed by atoms with E-state index in [4.69, 9.17) is 0 Å². The fourth-order valence-electron chi connectivity index (χ4n) is 3.21. The summed E-state index contributed by atoms with van der Waals surface area (Å²) in [7, 11) is 0. The first kappa shape index (κ1) is 13.9. The zero-order chi connectivity index (χ0) is 14.1. The van der Waals surface area contributed by atoms with E-state index < -0.39 is 0 Å². The van der Waals surface area contributed by atoms with E-state index in [0.717, 1.165) is 24.3 Å². The monoisotopic (exact) mass is 295 g/mol. The van der Waals surface area contributed by atoms with Crippen molar-refractivity contribution in [1.82, 2.24) is 4.90 Å². The Labute approximate surface area is 122 Å². The number of thioether (sulfide) groups is 1. The van der Waals surface area contributed by atoms with Crippen LogP contribution >= 0.6 is 11.8 Å². The molecule has 2 aliphatic rings. The van der Waals surface area contributed by atoms with Crippen molar-refractivity contribution >= 4 is 17.7 Å². The molecule has 3 atom stereocenters. The van der Waals surface area contributed by atoms with Crippen LogP contribution in [-0.4, -0.2) is 40.9 Å². The predicted molar refractivity (Wildman–Crippen MR) is 75.9 cm³/mol. The molecule has 5 heteroatoms. The van der Waals surface area contributed by atoms with E-state index >= 15 is 0 Å². The van der Waals surface area contributed by atoms with Crippen molar-refractivity contribution in [2.75, 3.05) is 18.8 Å². The van der Waals surface area contributed by atoms with Gasteiger partial charge in [0.2, 0.25) is 5.91 Å². The molecule has 1 aliphatic heterocycles. The molecule has 3 unspecified atom stereocenters. The van der Waals surface area contributed by atoms with Gasteiger partial charge in [-0.05, 0) is 43.0 Å². The number of hydrogen-bond acceptors (Lipinski definition) is 3. The normalized spacial score (nSPS) is 28.7. The molecule has 1 saturated heterocycles. The Bertz CT molecular complexity index is 493. The van der Waals surface area contributed by atoms with Gasteiger partial charge in [-0.3, -0.25) is 4.79 Å². The lowest BCUT2D eigenvalue weighted by Crippen LogP contribution is -2.32. The van der Waals surface area contributed by atoms with Crippen molar-refractivity contribution < 1.29 is 14.3 Å². The molecular weight excluding hydrogens is 277 g/mol.